The molecule has 1 aromatic rings. The Morgan fingerprint density at radius 3 is 2.86 bits per heavy atom. The molecule has 0 spiro atoms. The van der Waals surface area contributed by atoms with Crippen LogP contribution < -0.4 is 5.69 Å². The Balaban J connectivity index is 1.72. The van der Waals surface area contributed by atoms with Crippen molar-refractivity contribution in [2.75, 3.05) is 0 Å². The standard InChI is InChI=1S/C9H16N4O/c14-9-10-11-12-13(9)7-3-6-8-4-1-2-5-8/h8H,1-7H2,(H,10,12,14). The van der Waals surface area contributed by atoms with E-state index in [1.807, 2.05) is 0 Å². The molecule has 1 N–H and O–H groups in total. The van der Waals surface area contributed by atoms with E-state index in [0.717, 1.165) is 12.3 Å². The normalized spacial score (nSPS) is 17.7. The van der Waals surface area contributed by atoms with E-state index in [-0.39, 0.29) is 5.69 Å². The molecule has 5 nitrogen and oxygen atoms in total. The van der Waals surface area contributed by atoms with Gasteiger partial charge in [-0.05, 0) is 29.2 Å². The summed E-state index contributed by atoms with van der Waals surface area (Å²) in [5.74, 6) is 0.887. The second-order valence-electron chi connectivity index (χ2n) is 4.02. The summed E-state index contributed by atoms with van der Waals surface area (Å²) in [6.45, 7) is 0.700. The summed E-state index contributed by atoms with van der Waals surface area (Å²) in [5.41, 5.74) is -0.198. The molecule has 1 saturated carbocycles. The smallest absolute Gasteiger partial charge is 0.245 e. The summed E-state index contributed by atoms with van der Waals surface area (Å²) in [5, 5.41) is 9.42. The molecule has 0 bridgehead atoms. The summed E-state index contributed by atoms with van der Waals surface area (Å²) >= 11 is 0. The number of nitrogens with zero attached hydrogens (tertiary/aromatic N) is 3. The average molecular weight is 196 g/mol. The van der Waals surface area contributed by atoms with E-state index >= 15 is 0 Å². The second kappa shape index (κ2) is 4.39. The van der Waals surface area contributed by atoms with Crippen LogP contribution in [0.15, 0.2) is 4.79 Å². The molecule has 2 rings (SSSR count). The number of aromatic amines is 1. The molecule has 1 aromatic heterocycles. The molecular weight excluding hydrogens is 180 g/mol. The highest BCUT2D eigenvalue weighted by Crippen LogP contribution is 2.28. The number of H-pyrrole nitrogens is 1. The van der Waals surface area contributed by atoms with Crippen molar-refractivity contribution in [3.63, 3.8) is 0 Å². The van der Waals surface area contributed by atoms with Crippen molar-refractivity contribution < 1.29 is 0 Å². The first-order chi connectivity index (χ1) is 6.86. The van der Waals surface area contributed by atoms with Crippen molar-refractivity contribution in [2.24, 2.45) is 5.92 Å². The molecule has 1 aliphatic carbocycles. The van der Waals surface area contributed by atoms with Gasteiger partial charge < -0.3 is 0 Å². The third-order valence-electron chi connectivity index (χ3n) is 2.99. The molecule has 1 heterocycles. The van der Waals surface area contributed by atoms with Crippen molar-refractivity contribution in [3.05, 3.63) is 10.5 Å². The van der Waals surface area contributed by atoms with Gasteiger partial charge in [-0.2, -0.15) is 4.68 Å². The average Bonchev–Trinajstić information content (AvgIpc) is 2.78. The number of rotatable bonds is 4. The van der Waals surface area contributed by atoms with Crippen molar-refractivity contribution in [2.45, 2.75) is 45.1 Å². The van der Waals surface area contributed by atoms with Gasteiger partial charge in [0.25, 0.3) is 0 Å². The fraction of sp³-hybridized carbons (Fsp3) is 0.889. The first-order valence-corrected chi connectivity index (χ1v) is 5.34. The minimum Gasteiger partial charge on any atom is -0.245 e. The lowest BCUT2D eigenvalue weighted by Gasteiger charge is -2.06. The minimum atomic E-state index is -0.198. The highest BCUT2D eigenvalue weighted by molar-refractivity contribution is 4.67. The Kier molecular flexibility index (Phi) is 2.96. The third kappa shape index (κ3) is 2.21. The zero-order valence-electron chi connectivity index (χ0n) is 8.28. The molecule has 0 unspecified atom stereocenters. The van der Waals surface area contributed by atoms with E-state index < -0.39 is 0 Å². The maximum atomic E-state index is 11.0. The summed E-state index contributed by atoms with van der Waals surface area (Å²) < 4.78 is 1.40. The van der Waals surface area contributed by atoms with Crippen molar-refractivity contribution in [1.29, 1.82) is 0 Å². The van der Waals surface area contributed by atoms with Gasteiger partial charge in [0, 0.05) is 6.54 Å². The number of nitrogens with one attached hydrogen (secondary N) is 1. The van der Waals surface area contributed by atoms with Gasteiger partial charge in [-0.15, -0.1) is 0 Å². The number of aryl methyl sites for hydroxylation is 1. The van der Waals surface area contributed by atoms with Gasteiger partial charge in [-0.3, -0.25) is 0 Å². The van der Waals surface area contributed by atoms with E-state index in [1.54, 1.807) is 0 Å². The second-order valence-corrected chi connectivity index (χ2v) is 4.02. The monoisotopic (exact) mass is 196 g/mol. The quantitative estimate of drug-likeness (QED) is 0.779. The Bertz CT molecular complexity index is 324. The Morgan fingerprint density at radius 1 is 1.43 bits per heavy atom. The Labute approximate surface area is 82.5 Å². The first kappa shape index (κ1) is 9.43. The number of hydrogen-bond acceptors (Lipinski definition) is 3. The predicted octanol–water partition coefficient (Wildman–Crippen LogP) is 0.937. The van der Waals surface area contributed by atoms with Crippen LogP contribution in [0.2, 0.25) is 0 Å². The van der Waals surface area contributed by atoms with Crippen LogP contribution in [0.4, 0.5) is 0 Å². The van der Waals surface area contributed by atoms with Crippen LogP contribution in [0.5, 0.6) is 0 Å². The van der Waals surface area contributed by atoms with Crippen molar-refractivity contribution >= 4 is 0 Å². The number of aromatic nitrogens is 4. The van der Waals surface area contributed by atoms with Gasteiger partial charge in [-0.1, -0.05) is 25.7 Å². The summed E-state index contributed by atoms with van der Waals surface area (Å²) in [7, 11) is 0. The van der Waals surface area contributed by atoms with Gasteiger partial charge >= 0.3 is 5.69 Å². The van der Waals surface area contributed by atoms with E-state index in [1.165, 1.54) is 36.8 Å². The fourth-order valence-corrected chi connectivity index (χ4v) is 2.19. The third-order valence-corrected chi connectivity index (χ3v) is 2.99. The molecule has 0 aromatic carbocycles. The predicted molar refractivity (Wildman–Crippen MR) is 51.8 cm³/mol. The highest BCUT2D eigenvalue weighted by atomic mass is 16.2. The molecular formula is C9H16N4O. The lowest BCUT2D eigenvalue weighted by molar-refractivity contribution is 0.438. The molecule has 0 aliphatic heterocycles. The van der Waals surface area contributed by atoms with Crippen LogP contribution in [0.3, 0.4) is 0 Å². The van der Waals surface area contributed by atoms with E-state index in [4.69, 9.17) is 0 Å². The highest BCUT2D eigenvalue weighted by Gasteiger charge is 2.14. The lowest BCUT2D eigenvalue weighted by Crippen LogP contribution is -2.18. The molecule has 5 heteroatoms. The zero-order valence-corrected chi connectivity index (χ0v) is 8.28. The SMILES string of the molecule is O=c1[nH]nnn1CCCC1CCCC1. The maximum Gasteiger partial charge on any atom is 0.361 e. The summed E-state index contributed by atoms with van der Waals surface area (Å²) in [6.07, 6.45) is 7.76. The number of hydrogen-bond donors (Lipinski definition) is 1. The Morgan fingerprint density at radius 2 is 2.21 bits per heavy atom. The molecule has 0 amide bonds. The summed E-state index contributed by atoms with van der Waals surface area (Å²) in [4.78, 5) is 11.0. The van der Waals surface area contributed by atoms with Gasteiger partial charge in [0.05, 0.1) is 0 Å². The Hall–Kier alpha value is -1.13. The van der Waals surface area contributed by atoms with Gasteiger partial charge in [0.15, 0.2) is 0 Å². The molecule has 0 atom stereocenters. The van der Waals surface area contributed by atoms with Gasteiger partial charge in [0.2, 0.25) is 0 Å². The van der Waals surface area contributed by atoms with Crippen molar-refractivity contribution in [1.82, 2.24) is 20.2 Å². The van der Waals surface area contributed by atoms with Crippen LogP contribution in [0.25, 0.3) is 0 Å². The molecule has 0 saturated heterocycles. The van der Waals surface area contributed by atoms with Crippen LogP contribution >= 0.6 is 0 Å². The first-order valence-electron chi connectivity index (χ1n) is 5.34. The lowest BCUT2D eigenvalue weighted by atomic mass is 10.0. The van der Waals surface area contributed by atoms with Gasteiger partial charge in [-0.25, -0.2) is 9.89 Å². The molecule has 78 valence electrons. The summed E-state index contributed by atoms with van der Waals surface area (Å²) in [6, 6.07) is 0. The molecule has 1 aliphatic rings. The fourth-order valence-electron chi connectivity index (χ4n) is 2.19. The largest absolute Gasteiger partial charge is 0.361 e. The minimum absolute atomic E-state index is 0.198. The zero-order chi connectivity index (χ0) is 9.80. The van der Waals surface area contributed by atoms with E-state index in [0.29, 0.717) is 6.54 Å². The topological polar surface area (TPSA) is 63.6 Å². The number of tetrazole rings is 1. The van der Waals surface area contributed by atoms with E-state index in [9.17, 15) is 4.79 Å². The molecule has 14 heavy (non-hydrogen) atoms. The van der Waals surface area contributed by atoms with Crippen LogP contribution in [0.1, 0.15) is 38.5 Å². The molecule has 0 radical (unpaired) electrons. The van der Waals surface area contributed by atoms with E-state index in [2.05, 4.69) is 15.5 Å². The van der Waals surface area contributed by atoms with Crippen LogP contribution in [-0.2, 0) is 6.54 Å². The van der Waals surface area contributed by atoms with Crippen molar-refractivity contribution in [3.8, 4) is 0 Å². The van der Waals surface area contributed by atoms with Crippen LogP contribution in [0, 0.1) is 5.92 Å². The van der Waals surface area contributed by atoms with Gasteiger partial charge in [0.1, 0.15) is 0 Å². The maximum absolute atomic E-state index is 11.0. The van der Waals surface area contributed by atoms with Crippen LogP contribution in [-0.4, -0.2) is 20.2 Å². The molecule has 1 fully saturated rings.